The van der Waals surface area contributed by atoms with Gasteiger partial charge in [0.1, 0.15) is 4.32 Å². The van der Waals surface area contributed by atoms with E-state index in [-0.39, 0.29) is 4.32 Å². The van der Waals surface area contributed by atoms with E-state index >= 15 is 0 Å². The van der Waals surface area contributed by atoms with Crippen LogP contribution >= 0.6 is 31.9 Å². The summed E-state index contributed by atoms with van der Waals surface area (Å²) in [6, 6.07) is 10.2. The number of ether oxygens (including phenoxy) is 2. The molecule has 1 unspecified atom stereocenters. The van der Waals surface area contributed by atoms with Crippen LogP contribution in [-0.2, 0) is 13.8 Å². The first-order valence-electron chi connectivity index (χ1n) is 5.21. The molecule has 0 radical (unpaired) electrons. The van der Waals surface area contributed by atoms with E-state index in [1.54, 1.807) is 0 Å². The predicted molar refractivity (Wildman–Crippen MR) is 71.2 cm³/mol. The quantitative estimate of drug-likeness (QED) is 0.778. The van der Waals surface area contributed by atoms with E-state index in [2.05, 4.69) is 50.9 Å². The van der Waals surface area contributed by atoms with Gasteiger partial charge >= 0.3 is 0 Å². The van der Waals surface area contributed by atoms with Gasteiger partial charge in [-0.3, -0.25) is 0 Å². The molecule has 0 amide bonds. The first-order chi connectivity index (χ1) is 7.62. The molecule has 1 saturated heterocycles. The van der Waals surface area contributed by atoms with Gasteiger partial charge in [-0.05, 0) is 12.5 Å². The smallest absolute Gasteiger partial charge is 0.197 e. The second-order valence-corrected chi connectivity index (χ2v) is 6.10. The summed E-state index contributed by atoms with van der Waals surface area (Å²) in [7, 11) is 0. The summed E-state index contributed by atoms with van der Waals surface area (Å²) in [4.78, 5) is 0. The van der Waals surface area contributed by atoms with Gasteiger partial charge in [0, 0.05) is 0 Å². The fourth-order valence-corrected chi connectivity index (χ4v) is 3.79. The Hall–Kier alpha value is 0.1000. The first-order valence-corrected chi connectivity index (χ1v) is 7.12. The fraction of sp³-hybridized carbons (Fsp3) is 0.500. The van der Waals surface area contributed by atoms with Crippen LogP contribution in [0.2, 0.25) is 0 Å². The normalized spacial score (nSPS) is 22.9. The van der Waals surface area contributed by atoms with Crippen LogP contribution in [0.3, 0.4) is 0 Å². The molecule has 1 aromatic rings. The van der Waals surface area contributed by atoms with Crippen molar-refractivity contribution in [2.45, 2.75) is 17.0 Å². The van der Waals surface area contributed by atoms with Crippen LogP contribution < -0.4 is 0 Å². The van der Waals surface area contributed by atoms with Gasteiger partial charge in [0.2, 0.25) is 0 Å². The van der Waals surface area contributed by atoms with E-state index in [1.807, 2.05) is 18.2 Å². The lowest BCUT2D eigenvalue weighted by atomic mass is 9.93. The lowest BCUT2D eigenvalue weighted by molar-refractivity contribution is -0.159. The maximum atomic E-state index is 5.79. The molecule has 16 heavy (non-hydrogen) atoms. The van der Waals surface area contributed by atoms with E-state index in [9.17, 15) is 0 Å². The average molecular weight is 350 g/mol. The van der Waals surface area contributed by atoms with Crippen molar-refractivity contribution < 1.29 is 9.47 Å². The summed E-state index contributed by atoms with van der Waals surface area (Å²) in [6.07, 6.45) is 0. The van der Waals surface area contributed by atoms with Crippen LogP contribution in [0.4, 0.5) is 0 Å². The molecule has 0 spiro atoms. The van der Waals surface area contributed by atoms with E-state index in [4.69, 9.17) is 9.47 Å². The molecule has 1 aliphatic rings. The van der Waals surface area contributed by atoms with Gasteiger partial charge in [-0.25, -0.2) is 0 Å². The van der Waals surface area contributed by atoms with Crippen LogP contribution in [0, 0.1) is 0 Å². The third-order valence-corrected chi connectivity index (χ3v) is 4.76. The van der Waals surface area contributed by atoms with Gasteiger partial charge in [0.25, 0.3) is 0 Å². The Bertz CT molecular complexity index is 345. The highest BCUT2D eigenvalue weighted by molar-refractivity contribution is 9.10. The molecule has 4 heteroatoms. The minimum absolute atomic E-state index is 0.360. The molecule has 1 aliphatic heterocycles. The molecule has 88 valence electrons. The van der Waals surface area contributed by atoms with Crippen molar-refractivity contribution in [3.05, 3.63) is 35.9 Å². The predicted octanol–water partition coefficient (Wildman–Crippen LogP) is 3.43. The second-order valence-electron chi connectivity index (χ2n) is 3.95. The standard InChI is InChI=1S/C12H14Br2O2/c1-11(14,10-5-3-2-4-6-10)12(9-13)15-7-8-16-12/h2-6H,7-9H2,1H3. The maximum Gasteiger partial charge on any atom is 0.197 e. The maximum absolute atomic E-state index is 5.79. The highest BCUT2D eigenvalue weighted by atomic mass is 79.9. The Morgan fingerprint density at radius 3 is 2.31 bits per heavy atom. The van der Waals surface area contributed by atoms with Crippen molar-refractivity contribution in [2.75, 3.05) is 18.5 Å². The van der Waals surface area contributed by atoms with Crippen molar-refractivity contribution in [3.63, 3.8) is 0 Å². The van der Waals surface area contributed by atoms with Gasteiger partial charge in [-0.2, -0.15) is 0 Å². The summed E-state index contributed by atoms with van der Waals surface area (Å²) in [5.41, 5.74) is 1.15. The number of halogens is 2. The Balaban J connectivity index is 2.37. The van der Waals surface area contributed by atoms with Crippen LogP contribution in [-0.4, -0.2) is 24.3 Å². The van der Waals surface area contributed by atoms with Gasteiger partial charge in [0.15, 0.2) is 5.79 Å². The van der Waals surface area contributed by atoms with Crippen LogP contribution in [0.25, 0.3) is 0 Å². The summed E-state index contributed by atoms with van der Waals surface area (Å²) >= 11 is 7.24. The lowest BCUT2D eigenvalue weighted by Crippen LogP contribution is -2.48. The van der Waals surface area contributed by atoms with Gasteiger partial charge in [0.05, 0.1) is 18.5 Å². The van der Waals surface area contributed by atoms with Gasteiger partial charge in [-0.15, -0.1) is 0 Å². The van der Waals surface area contributed by atoms with Crippen molar-refractivity contribution in [1.82, 2.24) is 0 Å². The molecule has 2 nitrogen and oxygen atoms in total. The molecule has 0 aliphatic carbocycles. The molecule has 0 bridgehead atoms. The molecule has 1 aromatic carbocycles. The lowest BCUT2D eigenvalue weighted by Gasteiger charge is -2.39. The SMILES string of the molecule is CC(Br)(c1ccccc1)C1(CBr)OCCO1. The molecule has 0 saturated carbocycles. The third kappa shape index (κ3) is 1.96. The van der Waals surface area contributed by atoms with E-state index in [0.29, 0.717) is 18.5 Å². The highest BCUT2D eigenvalue weighted by Crippen LogP contribution is 2.46. The van der Waals surface area contributed by atoms with E-state index in [0.717, 1.165) is 5.56 Å². The van der Waals surface area contributed by atoms with Crippen molar-refractivity contribution in [3.8, 4) is 0 Å². The largest absolute Gasteiger partial charge is 0.345 e. The zero-order chi connectivity index (χ0) is 11.6. The van der Waals surface area contributed by atoms with Crippen LogP contribution in [0.5, 0.6) is 0 Å². The molecule has 1 atom stereocenters. The van der Waals surface area contributed by atoms with Crippen LogP contribution in [0.1, 0.15) is 12.5 Å². The fourth-order valence-electron chi connectivity index (χ4n) is 1.90. The number of alkyl halides is 2. The zero-order valence-electron chi connectivity index (χ0n) is 9.08. The Kier molecular flexibility index (Phi) is 3.74. The van der Waals surface area contributed by atoms with E-state index < -0.39 is 5.79 Å². The summed E-state index contributed by atoms with van der Waals surface area (Å²) in [6.45, 7) is 3.36. The Morgan fingerprint density at radius 2 is 1.81 bits per heavy atom. The molecule has 0 aromatic heterocycles. The topological polar surface area (TPSA) is 18.5 Å². The highest BCUT2D eigenvalue weighted by Gasteiger charge is 2.52. The minimum atomic E-state index is -0.631. The summed E-state index contributed by atoms with van der Waals surface area (Å²) in [5.74, 6) is -0.631. The summed E-state index contributed by atoms with van der Waals surface area (Å²) < 4.78 is 11.2. The molecule has 2 rings (SSSR count). The van der Waals surface area contributed by atoms with Crippen LogP contribution in [0.15, 0.2) is 30.3 Å². The molecular weight excluding hydrogens is 336 g/mol. The monoisotopic (exact) mass is 348 g/mol. The minimum Gasteiger partial charge on any atom is -0.345 e. The first kappa shape index (κ1) is 12.6. The number of hydrogen-bond acceptors (Lipinski definition) is 2. The Morgan fingerprint density at radius 1 is 1.25 bits per heavy atom. The van der Waals surface area contributed by atoms with E-state index in [1.165, 1.54) is 0 Å². The van der Waals surface area contributed by atoms with Crippen molar-refractivity contribution in [1.29, 1.82) is 0 Å². The van der Waals surface area contributed by atoms with Crippen molar-refractivity contribution >= 4 is 31.9 Å². The molecular formula is C12H14Br2O2. The number of hydrogen-bond donors (Lipinski definition) is 0. The second kappa shape index (κ2) is 4.77. The van der Waals surface area contributed by atoms with Gasteiger partial charge in [-0.1, -0.05) is 62.2 Å². The number of rotatable bonds is 3. The molecule has 1 fully saturated rings. The zero-order valence-corrected chi connectivity index (χ0v) is 12.3. The average Bonchev–Trinajstić information content (AvgIpc) is 2.80. The molecule has 1 heterocycles. The number of benzene rings is 1. The van der Waals surface area contributed by atoms with Crippen molar-refractivity contribution in [2.24, 2.45) is 0 Å². The molecule has 0 N–H and O–H groups in total. The van der Waals surface area contributed by atoms with Gasteiger partial charge < -0.3 is 9.47 Å². The third-order valence-electron chi connectivity index (χ3n) is 2.96. The Labute approximate surface area is 113 Å². The summed E-state index contributed by atoms with van der Waals surface area (Å²) in [5, 5.41) is 0.636.